The van der Waals surface area contributed by atoms with Gasteiger partial charge in [-0.25, -0.2) is 9.50 Å². The summed E-state index contributed by atoms with van der Waals surface area (Å²) >= 11 is 3.53. The highest BCUT2D eigenvalue weighted by atomic mass is 79.9. The van der Waals surface area contributed by atoms with Crippen LogP contribution in [0.5, 0.6) is 0 Å². The van der Waals surface area contributed by atoms with Crippen molar-refractivity contribution in [3.63, 3.8) is 0 Å². The lowest BCUT2D eigenvalue weighted by Crippen LogP contribution is -2.50. The van der Waals surface area contributed by atoms with E-state index in [4.69, 9.17) is 5.73 Å². The van der Waals surface area contributed by atoms with Gasteiger partial charge in [-0.3, -0.25) is 4.90 Å². The topological polar surface area (TPSA) is 91.7 Å². The van der Waals surface area contributed by atoms with Crippen molar-refractivity contribution in [2.75, 3.05) is 18.4 Å². The van der Waals surface area contributed by atoms with Gasteiger partial charge in [0.1, 0.15) is 11.8 Å². The summed E-state index contributed by atoms with van der Waals surface area (Å²) in [5.41, 5.74) is 10.1. The minimum absolute atomic E-state index is 0.131. The van der Waals surface area contributed by atoms with Gasteiger partial charge in [0, 0.05) is 42.0 Å². The van der Waals surface area contributed by atoms with E-state index in [1.54, 1.807) is 6.33 Å². The highest BCUT2D eigenvalue weighted by Gasteiger charge is 2.25. The van der Waals surface area contributed by atoms with Crippen LogP contribution in [-0.4, -0.2) is 49.8 Å². The van der Waals surface area contributed by atoms with Gasteiger partial charge in [0.15, 0.2) is 5.82 Å². The largest absolute Gasteiger partial charge is 0.390 e. The molecular formula is C19H23BrN6O. The van der Waals surface area contributed by atoms with E-state index in [1.807, 2.05) is 22.8 Å². The molecule has 2 aromatic heterocycles. The Morgan fingerprint density at radius 3 is 3.00 bits per heavy atom. The number of nitrogens with one attached hydrogen (secondary N) is 1. The maximum Gasteiger partial charge on any atom is 0.158 e. The predicted octanol–water partition coefficient (Wildman–Crippen LogP) is 2.44. The van der Waals surface area contributed by atoms with Crippen molar-refractivity contribution in [3.8, 4) is 0 Å². The zero-order valence-electron chi connectivity index (χ0n) is 15.1. The van der Waals surface area contributed by atoms with Crippen molar-refractivity contribution in [2.24, 2.45) is 5.73 Å². The molecule has 1 aliphatic heterocycles. The number of hydrogen-bond donors (Lipinski definition) is 3. The molecule has 4 rings (SSSR count). The number of nitrogens with two attached hydrogens (primary N) is 1. The van der Waals surface area contributed by atoms with E-state index >= 15 is 0 Å². The molecule has 27 heavy (non-hydrogen) atoms. The maximum atomic E-state index is 10.1. The molecule has 0 bridgehead atoms. The number of aromatic nitrogens is 3. The molecule has 1 aliphatic rings. The van der Waals surface area contributed by atoms with Gasteiger partial charge < -0.3 is 16.2 Å². The SMILES string of the molecule is Cc1cc(Nc2ncnn3ccc(CN4CC[C@@H](N)[C@H](O)C4)c23)ccc1Br. The summed E-state index contributed by atoms with van der Waals surface area (Å²) in [6, 6.07) is 8.04. The summed E-state index contributed by atoms with van der Waals surface area (Å²) in [5.74, 6) is 0.765. The second-order valence-electron chi connectivity index (χ2n) is 7.09. The number of anilines is 2. The predicted molar refractivity (Wildman–Crippen MR) is 109 cm³/mol. The van der Waals surface area contributed by atoms with Gasteiger partial charge in [0.25, 0.3) is 0 Å². The smallest absolute Gasteiger partial charge is 0.158 e. The van der Waals surface area contributed by atoms with Crippen LogP contribution in [-0.2, 0) is 6.54 Å². The zero-order valence-corrected chi connectivity index (χ0v) is 16.7. The molecule has 0 aliphatic carbocycles. The molecule has 3 heterocycles. The lowest BCUT2D eigenvalue weighted by atomic mass is 10.0. The quantitative estimate of drug-likeness (QED) is 0.588. The van der Waals surface area contributed by atoms with Gasteiger partial charge in [-0.1, -0.05) is 15.9 Å². The van der Waals surface area contributed by atoms with Crippen molar-refractivity contribution < 1.29 is 5.11 Å². The number of aryl methyl sites for hydroxylation is 1. The summed E-state index contributed by atoms with van der Waals surface area (Å²) in [4.78, 5) is 6.69. The summed E-state index contributed by atoms with van der Waals surface area (Å²) < 4.78 is 2.91. The molecular weight excluding hydrogens is 408 g/mol. The molecule has 0 saturated carbocycles. The van der Waals surface area contributed by atoms with Crippen molar-refractivity contribution >= 4 is 33.0 Å². The molecule has 0 amide bonds. The number of benzene rings is 1. The van der Waals surface area contributed by atoms with Gasteiger partial charge >= 0.3 is 0 Å². The molecule has 1 fully saturated rings. The third-order valence-electron chi connectivity index (χ3n) is 5.07. The highest BCUT2D eigenvalue weighted by Crippen LogP contribution is 2.27. The number of piperidine rings is 1. The summed E-state index contributed by atoms with van der Waals surface area (Å²) in [6.45, 7) is 4.24. The molecule has 4 N–H and O–H groups in total. The van der Waals surface area contributed by atoms with E-state index in [9.17, 15) is 5.11 Å². The Kier molecular flexibility index (Phi) is 5.14. The van der Waals surface area contributed by atoms with Gasteiger partial charge in [0.05, 0.1) is 6.10 Å². The van der Waals surface area contributed by atoms with Crippen molar-refractivity contribution in [1.29, 1.82) is 0 Å². The number of hydrogen-bond acceptors (Lipinski definition) is 6. The number of aliphatic hydroxyl groups is 1. The number of β-amino-alcohol motifs (C(OH)–C–C–N with tert-alkyl or cyclic N) is 1. The van der Waals surface area contributed by atoms with Gasteiger partial charge in [-0.15, -0.1) is 0 Å². The fraction of sp³-hybridized carbons (Fsp3) is 0.368. The Balaban J connectivity index is 1.62. The molecule has 1 saturated heterocycles. The second kappa shape index (κ2) is 7.55. The number of fused-ring (bicyclic) bond motifs is 1. The third kappa shape index (κ3) is 3.84. The average molecular weight is 431 g/mol. The second-order valence-corrected chi connectivity index (χ2v) is 7.94. The molecule has 7 nitrogen and oxygen atoms in total. The minimum Gasteiger partial charge on any atom is -0.390 e. The molecule has 2 atom stereocenters. The standard InChI is InChI=1S/C19H23BrN6O/c1-12-8-14(2-3-15(12)20)24-19-18-13(4-7-26(18)23-11-22-19)9-25-6-5-16(21)17(27)10-25/h2-4,7-8,11,16-17,27H,5-6,9-10,21H2,1H3,(H,22,23,24)/t16-,17-/m1/s1. The van der Waals surface area contributed by atoms with E-state index in [1.165, 1.54) is 0 Å². The highest BCUT2D eigenvalue weighted by molar-refractivity contribution is 9.10. The van der Waals surface area contributed by atoms with Crippen LogP contribution in [0.2, 0.25) is 0 Å². The molecule has 3 aromatic rings. The van der Waals surface area contributed by atoms with Crippen LogP contribution in [0.4, 0.5) is 11.5 Å². The lowest BCUT2D eigenvalue weighted by Gasteiger charge is -2.33. The first-order valence-corrected chi connectivity index (χ1v) is 9.81. The zero-order chi connectivity index (χ0) is 19.0. The molecule has 142 valence electrons. The Morgan fingerprint density at radius 1 is 1.37 bits per heavy atom. The molecule has 8 heteroatoms. The average Bonchev–Trinajstić information content (AvgIpc) is 3.05. The minimum atomic E-state index is -0.479. The van der Waals surface area contributed by atoms with Crippen molar-refractivity contribution in [3.05, 3.63) is 52.4 Å². The van der Waals surface area contributed by atoms with Crippen LogP contribution in [0.15, 0.2) is 41.3 Å². The Morgan fingerprint density at radius 2 is 2.22 bits per heavy atom. The number of halogens is 1. The van der Waals surface area contributed by atoms with E-state index in [-0.39, 0.29) is 6.04 Å². The first-order valence-electron chi connectivity index (χ1n) is 9.01. The Labute approximate surface area is 166 Å². The van der Waals surface area contributed by atoms with Crippen LogP contribution in [0.3, 0.4) is 0 Å². The maximum absolute atomic E-state index is 10.1. The fourth-order valence-corrected chi connectivity index (χ4v) is 3.74. The number of rotatable bonds is 4. The third-order valence-corrected chi connectivity index (χ3v) is 5.96. The van der Waals surface area contributed by atoms with Crippen LogP contribution in [0, 0.1) is 6.92 Å². The normalized spacial score (nSPS) is 20.9. The lowest BCUT2D eigenvalue weighted by molar-refractivity contribution is 0.0501. The van der Waals surface area contributed by atoms with Gasteiger partial charge in [0.2, 0.25) is 0 Å². The molecule has 1 aromatic carbocycles. The van der Waals surface area contributed by atoms with Crippen LogP contribution >= 0.6 is 15.9 Å². The molecule has 0 unspecified atom stereocenters. The summed E-state index contributed by atoms with van der Waals surface area (Å²) in [5, 5.41) is 17.8. The number of likely N-dealkylation sites (tertiary alicyclic amines) is 1. The van der Waals surface area contributed by atoms with Crippen molar-refractivity contribution in [1.82, 2.24) is 19.5 Å². The van der Waals surface area contributed by atoms with Gasteiger partial charge in [-0.2, -0.15) is 5.10 Å². The van der Waals surface area contributed by atoms with Crippen LogP contribution in [0.25, 0.3) is 5.52 Å². The number of aliphatic hydroxyl groups excluding tert-OH is 1. The molecule has 0 radical (unpaired) electrons. The summed E-state index contributed by atoms with van der Waals surface area (Å²) in [7, 11) is 0. The van der Waals surface area contributed by atoms with E-state index < -0.39 is 6.10 Å². The molecule has 0 spiro atoms. The fourth-order valence-electron chi connectivity index (χ4n) is 3.50. The van der Waals surface area contributed by atoms with Crippen molar-refractivity contribution in [2.45, 2.75) is 32.0 Å². The first-order chi connectivity index (χ1) is 13.0. The summed E-state index contributed by atoms with van der Waals surface area (Å²) in [6.07, 6.45) is 3.81. The Bertz CT molecular complexity index is 959. The number of nitrogens with zero attached hydrogens (tertiary/aromatic N) is 4. The van der Waals surface area contributed by atoms with E-state index in [0.717, 1.165) is 52.1 Å². The van der Waals surface area contributed by atoms with Crippen LogP contribution < -0.4 is 11.1 Å². The van der Waals surface area contributed by atoms with E-state index in [0.29, 0.717) is 6.54 Å². The van der Waals surface area contributed by atoms with Gasteiger partial charge in [-0.05, 0) is 48.7 Å². The Hall–Kier alpha value is -2.00. The monoisotopic (exact) mass is 430 g/mol. The first kappa shape index (κ1) is 18.4. The van der Waals surface area contributed by atoms with Crippen LogP contribution in [0.1, 0.15) is 17.5 Å². The van der Waals surface area contributed by atoms with E-state index in [2.05, 4.69) is 55.3 Å².